The van der Waals surface area contributed by atoms with E-state index in [0.717, 1.165) is 0 Å². The first kappa shape index (κ1) is 12.1. The molecule has 1 amide bonds. The van der Waals surface area contributed by atoms with E-state index in [2.05, 4.69) is 10.3 Å². The van der Waals surface area contributed by atoms with Gasteiger partial charge in [-0.3, -0.25) is 4.79 Å². The number of amides is 1. The van der Waals surface area contributed by atoms with Crippen molar-refractivity contribution in [2.45, 2.75) is 0 Å². The highest BCUT2D eigenvalue weighted by Gasteiger charge is 2.16. The SMILES string of the molecule is O=C(Nc1cccnc1C(=O)O)c1ccc(Cl)o1. The van der Waals surface area contributed by atoms with Crippen LogP contribution in [0.2, 0.25) is 5.22 Å². The van der Waals surface area contributed by atoms with E-state index >= 15 is 0 Å². The molecule has 2 heterocycles. The topological polar surface area (TPSA) is 92.4 Å². The average molecular weight is 267 g/mol. The van der Waals surface area contributed by atoms with E-state index in [0.29, 0.717) is 0 Å². The van der Waals surface area contributed by atoms with Gasteiger partial charge in [0.15, 0.2) is 16.7 Å². The number of carboxylic acid groups (broad SMARTS) is 1. The molecule has 0 aliphatic heterocycles. The van der Waals surface area contributed by atoms with E-state index in [1.807, 2.05) is 0 Å². The Morgan fingerprint density at radius 3 is 2.72 bits per heavy atom. The first-order valence-corrected chi connectivity index (χ1v) is 5.20. The van der Waals surface area contributed by atoms with Crippen molar-refractivity contribution in [1.82, 2.24) is 4.98 Å². The van der Waals surface area contributed by atoms with Crippen LogP contribution in [-0.2, 0) is 0 Å². The van der Waals surface area contributed by atoms with Gasteiger partial charge in [0.25, 0.3) is 5.91 Å². The fourth-order valence-corrected chi connectivity index (χ4v) is 1.44. The highest BCUT2D eigenvalue weighted by Crippen LogP contribution is 2.17. The predicted octanol–water partition coefficient (Wildman–Crippen LogP) is 2.28. The summed E-state index contributed by atoms with van der Waals surface area (Å²) in [6, 6.07) is 5.74. The normalized spacial score (nSPS) is 10.1. The maximum absolute atomic E-state index is 11.7. The van der Waals surface area contributed by atoms with E-state index in [4.69, 9.17) is 21.1 Å². The summed E-state index contributed by atoms with van der Waals surface area (Å²) in [6.07, 6.45) is 1.32. The molecule has 0 spiro atoms. The number of furan rings is 1. The van der Waals surface area contributed by atoms with Crippen molar-refractivity contribution in [2.24, 2.45) is 0 Å². The Kier molecular flexibility index (Phi) is 3.29. The van der Waals surface area contributed by atoms with Crippen LogP contribution in [0.25, 0.3) is 0 Å². The maximum atomic E-state index is 11.7. The van der Waals surface area contributed by atoms with Crippen molar-refractivity contribution in [2.75, 3.05) is 5.32 Å². The fraction of sp³-hybridized carbons (Fsp3) is 0. The molecular formula is C11H7ClN2O4. The molecule has 0 atom stereocenters. The van der Waals surface area contributed by atoms with Crippen molar-refractivity contribution < 1.29 is 19.1 Å². The van der Waals surface area contributed by atoms with Gasteiger partial charge in [-0.1, -0.05) is 0 Å². The molecule has 0 aliphatic rings. The Balaban J connectivity index is 2.24. The number of hydrogen-bond acceptors (Lipinski definition) is 4. The number of aromatic carboxylic acids is 1. The Bertz CT molecular complexity index is 609. The highest BCUT2D eigenvalue weighted by atomic mass is 35.5. The van der Waals surface area contributed by atoms with Gasteiger partial charge in [0.1, 0.15) is 0 Å². The van der Waals surface area contributed by atoms with Crippen LogP contribution in [0.5, 0.6) is 0 Å². The average Bonchev–Trinajstić information content (AvgIpc) is 2.76. The summed E-state index contributed by atoms with van der Waals surface area (Å²) in [5.74, 6) is -1.85. The summed E-state index contributed by atoms with van der Waals surface area (Å²) in [5, 5.41) is 11.4. The minimum atomic E-state index is -1.23. The van der Waals surface area contributed by atoms with Crippen molar-refractivity contribution >= 4 is 29.2 Å². The molecule has 0 radical (unpaired) electrons. The molecule has 6 nitrogen and oxygen atoms in total. The summed E-state index contributed by atoms with van der Waals surface area (Å²) in [7, 11) is 0. The van der Waals surface area contributed by atoms with Gasteiger partial charge in [-0.25, -0.2) is 9.78 Å². The number of carbonyl (C=O) groups excluding carboxylic acids is 1. The van der Waals surface area contributed by atoms with Gasteiger partial charge < -0.3 is 14.8 Å². The molecule has 2 aromatic rings. The van der Waals surface area contributed by atoms with Gasteiger partial charge in [-0.05, 0) is 35.9 Å². The zero-order chi connectivity index (χ0) is 13.1. The van der Waals surface area contributed by atoms with Gasteiger partial charge in [-0.2, -0.15) is 0 Å². The van der Waals surface area contributed by atoms with Gasteiger partial charge in [0.05, 0.1) is 5.69 Å². The van der Waals surface area contributed by atoms with E-state index in [-0.39, 0.29) is 22.4 Å². The third kappa shape index (κ3) is 2.49. The first-order valence-electron chi connectivity index (χ1n) is 4.83. The fourth-order valence-electron chi connectivity index (χ4n) is 1.30. The Hall–Kier alpha value is -2.34. The van der Waals surface area contributed by atoms with Crippen LogP contribution in [-0.4, -0.2) is 22.0 Å². The standard InChI is InChI=1S/C11H7ClN2O4/c12-8-4-3-7(18-8)10(15)14-6-2-1-5-13-9(6)11(16)17/h1-5H,(H,14,15)(H,16,17). The molecule has 0 fully saturated rings. The number of carboxylic acids is 1. The minimum Gasteiger partial charge on any atom is -0.476 e. The third-order valence-corrected chi connectivity index (χ3v) is 2.26. The largest absolute Gasteiger partial charge is 0.476 e. The van der Waals surface area contributed by atoms with Crippen LogP contribution >= 0.6 is 11.6 Å². The number of pyridine rings is 1. The highest BCUT2D eigenvalue weighted by molar-refractivity contribution is 6.29. The monoisotopic (exact) mass is 266 g/mol. The molecule has 2 N–H and O–H groups in total. The number of rotatable bonds is 3. The van der Waals surface area contributed by atoms with E-state index < -0.39 is 11.9 Å². The lowest BCUT2D eigenvalue weighted by Crippen LogP contribution is -2.15. The molecular weight excluding hydrogens is 260 g/mol. The molecule has 7 heteroatoms. The van der Waals surface area contributed by atoms with E-state index in [1.54, 1.807) is 0 Å². The van der Waals surface area contributed by atoms with Crippen LogP contribution in [0.1, 0.15) is 21.0 Å². The molecule has 2 rings (SSSR count). The number of nitrogens with zero attached hydrogens (tertiary/aromatic N) is 1. The lowest BCUT2D eigenvalue weighted by atomic mass is 10.3. The summed E-state index contributed by atoms with van der Waals surface area (Å²) < 4.78 is 4.90. The zero-order valence-corrected chi connectivity index (χ0v) is 9.64. The smallest absolute Gasteiger partial charge is 0.356 e. The van der Waals surface area contributed by atoms with Crippen LogP contribution in [0.4, 0.5) is 5.69 Å². The Morgan fingerprint density at radius 1 is 1.33 bits per heavy atom. The number of aromatic nitrogens is 1. The van der Waals surface area contributed by atoms with Crippen LogP contribution in [0.15, 0.2) is 34.9 Å². The molecule has 0 saturated carbocycles. The van der Waals surface area contributed by atoms with Crippen LogP contribution in [0.3, 0.4) is 0 Å². The molecule has 18 heavy (non-hydrogen) atoms. The molecule has 92 valence electrons. The molecule has 0 aliphatic carbocycles. The Labute approximate surface area is 106 Å². The first-order chi connectivity index (χ1) is 8.58. The second kappa shape index (κ2) is 4.89. The van der Waals surface area contributed by atoms with Crippen molar-refractivity contribution in [3.8, 4) is 0 Å². The number of carbonyl (C=O) groups is 2. The molecule has 0 saturated heterocycles. The van der Waals surface area contributed by atoms with E-state index in [1.165, 1.54) is 30.5 Å². The second-order valence-electron chi connectivity index (χ2n) is 3.26. The minimum absolute atomic E-state index is 0.0137. The predicted molar refractivity (Wildman–Crippen MR) is 62.9 cm³/mol. The Morgan fingerprint density at radius 2 is 2.11 bits per heavy atom. The summed E-state index contributed by atoms with van der Waals surface area (Å²) in [5.41, 5.74) is -0.161. The van der Waals surface area contributed by atoms with Crippen LogP contribution < -0.4 is 5.32 Å². The number of hydrogen-bond donors (Lipinski definition) is 2. The van der Waals surface area contributed by atoms with Crippen molar-refractivity contribution in [1.29, 1.82) is 0 Å². The quantitative estimate of drug-likeness (QED) is 0.889. The van der Waals surface area contributed by atoms with E-state index in [9.17, 15) is 9.59 Å². The van der Waals surface area contributed by atoms with Gasteiger partial charge in [0.2, 0.25) is 0 Å². The molecule has 0 bridgehead atoms. The molecule has 0 aromatic carbocycles. The van der Waals surface area contributed by atoms with Gasteiger partial charge in [-0.15, -0.1) is 0 Å². The van der Waals surface area contributed by atoms with Gasteiger partial charge >= 0.3 is 5.97 Å². The number of halogens is 1. The number of nitrogens with one attached hydrogen (secondary N) is 1. The van der Waals surface area contributed by atoms with Crippen LogP contribution in [0, 0.1) is 0 Å². The summed E-state index contributed by atoms with van der Waals surface area (Å²) in [6.45, 7) is 0. The third-order valence-electron chi connectivity index (χ3n) is 2.06. The number of anilines is 1. The molecule has 0 unspecified atom stereocenters. The summed E-state index contributed by atoms with van der Waals surface area (Å²) in [4.78, 5) is 26.3. The van der Waals surface area contributed by atoms with Crippen molar-refractivity contribution in [3.63, 3.8) is 0 Å². The zero-order valence-electron chi connectivity index (χ0n) is 8.88. The van der Waals surface area contributed by atoms with Gasteiger partial charge in [0, 0.05) is 6.20 Å². The maximum Gasteiger partial charge on any atom is 0.356 e. The molecule has 2 aromatic heterocycles. The van der Waals surface area contributed by atoms with Crippen molar-refractivity contribution in [3.05, 3.63) is 47.1 Å². The lowest BCUT2D eigenvalue weighted by Gasteiger charge is -2.05. The summed E-state index contributed by atoms with van der Waals surface area (Å²) >= 11 is 5.54. The second-order valence-corrected chi connectivity index (χ2v) is 3.64. The lowest BCUT2D eigenvalue weighted by molar-refractivity contribution is 0.0691.